The molecular weight excluding hydrogens is 442 g/mol. The fourth-order valence-electron chi connectivity index (χ4n) is 5.06. The molecule has 0 spiro atoms. The number of methoxy groups -OCH3 is 1. The average Bonchev–Trinajstić information content (AvgIpc) is 3.09. The van der Waals surface area contributed by atoms with E-state index in [9.17, 15) is 34.8 Å². The van der Waals surface area contributed by atoms with Crippen molar-refractivity contribution < 1.29 is 39.5 Å². The highest BCUT2D eigenvalue weighted by Crippen LogP contribution is 2.46. The molecule has 0 aromatic heterocycles. The lowest BCUT2D eigenvalue weighted by Gasteiger charge is -2.36. The molecule has 9 heteroatoms. The number of aliphatic hydroxyl groups excluding tert-OH is 3. The van der Waals surface area contributed by atoms with Crippen LogP contribution in [0, 0.1) is 17.8 Å². The molecule has 1 heterocycles. The van der Waals surface area contributed by atoms with Gasteiger partial charge in [-0.25, -0.2) is 4.79 Å². The molecule has 4 N–H and O–H groups in total. The molecule has 34 heavy (non-hydrogen) atoms. The van der Waals surface area contributed by atoms with E-state index in [-0.39, 0.29) is 18.6 Å². The van der Waals surface area contributed by atoms with E-state index in [2.05, 4.69) is 4.74 Å². The van der Waals surface area contributed by atoms with Gasteiger partial charge in [0, 0.05) is 5.92 Å². The van der Waals surface area contributed by atoms with Crippen molar-refractivity contribution in [3.63, 3.8) is 0 Å². The molecule has 1 saturated heterocycles. The summed E-state index contributed by atoms with van der Waals surface area (Å²) in [6, 6.07) is 6.81. The zero-order valence-electron chi connectivity index (χ0n) is 19.3. The van der Waals surface area contributed by atoms with Gasteiger partial charge in [0.2, 0.25) is 11.8 Å². The average molecular weight is 474 g/mol. The van der Waals surface area contributed by atoms with Gasteiger partial charge in [0.25, 0.3) is 0 Å². The van der Waals surface area contributed by atoms with E-state index in [1.807, 2.05) is 19.1 Å². The molecule has 4 atom stereocenters. The molecule has 1 aromatic carbocycles. The Morgan fingerprint density at radius 3 is 2.59 bits per heavy atom. The number of nitrogens with zero attached hydrogens (tertiary/aromatic N) is 1. The van der Waals surface area contributed by atoms with Crippen molar-refractivity contribution >= 4 is 24.0 Å². The lowest BCUT2D eigenvalue weighted by molar-refractivity contribution is -0.137. The summed E-state index contributed by atoms with van der Waals surface area (Å²) in [6.45, 7) is 1.02. The van der Waals surface area contributed by atoms with E-state index in [1.54, 1.807) is 18.2 Å². The van der Waals surface area contributed by atoms with Crippen LogP contribution in [0.15, 0.2) is 41.0 Å². The van der Waals surface area contributed by atoms with Crippen molar-refractivity contribution in [2.24, 2.45) is 17.8 Å². The fraction of sp³-hybridized carbons (Fsp3) is 0.480. The predicted molar refractivity (Wildman–Crippen MR) is 122 cm³/mol. The molecule has 1 aromatic rings. The number of imide groups is 3. The first-order valence-electron chi connectivity index (χ1n) is 11.3. The molecule has 9 nitrogen and oxygen atoms in total. The van der Waals surface area contributed by atoms with Crippen LogP contribution in [-0.4, -0.2) is 69.7 Å². The van der Waals surface area contributed by atoms with Crippen LogP contribution in [0.2, 0.25) is 0 Å². The number of amides is 3. The summed E-state index contributed by atoms with van der Waals surface area (Å²) in [5.41, 5.74) is 2.60. The second-order valence-corrected chi connectivity index (χ2v) is 8.63. The number of likely N-dealkylation sites (tertiary alicyclic amines) is 1. The molecule has 3 amide bonds. The summed E-state index contributed by atoms with van der Waals surface area (Å²) in [7, 11) is 1.07. The number of aliphatic hydroxyl groups is 3. The van der Waals surface area contributed by atoms with E-state index >= 15 is 0 Å². The van der Waals surface area contributed by atoms with Gasteiger partial charge in [0.15, 0.2) is 0 Å². The van der Waals surface area contributed by atoms with Crippen LogP contribution in [0.25, 0.3) is 6.08 Å². The minimum atomic E-state index is -1.08. The van der Waals surface area contributed by atoms with Gasteiger partial charge in [-0.3, -0.25) is 9.59 Å². The Bertz CT molecular complexity index is 1010. The summed E-state index contributed by atoms with van der Waals surface area (Å²) < 4.78 is 4.56. The number of phenolic OH excluding ortho intramolecular Hbond substituents is 1. The number of hydrogen-bond donors (Lipinski definition) is 4. The van der Waals surface area contributed by atoms with Crippen molar-refractivity contribution in [2.75, 3.05) is 20.3 Å². The number of ether oxygens (including phenoxy) is 1. The second-order valence-electron chi connectivity index (χ2n) is 8.63. The summed E-state index contributed by atoms with van der Waals surface area (Å²) in [5.74, 6) is -4.14. The van der Waals surface area contributed by atoms with Gasteiger partial charge >= 0.3 is 6.09 Å². The SMILES string of the molecule is CC/C(=C\c1cccc(O)c1)CC[C@@H](O)C1=C(CO)C[C@H]2C(=O)N(C(=O)OC)C(=O)[C@H]2[C@H]1CO. The molecular formula is C25H31NO8. The second kappa shape index (κ2) is 10.9. The smallest absolute Gasteiger partial charge is 0.423 e. The molecule has 184 valence electrons. The highest BCUT2D eigenvalue weighted by atomic mass is 16.5. The van der Waals surface area contributed by atoms with Crippen LogP contribution in [0.5, 0.6) is 5.75 Å². The van der Waals surface area contributed by atoms with Gasteiger partial charge in [-0.1, -0.05) is 30.7 Å². The van der Waals surface area contributed by atoms with Crippen molar-refractivity contribution in [1.29, 1.82) is 0 Å². The summed E-state index contributed by atoms with van der Waals surface area (Å²) in [5, 5.41) is 40.9. The first kappa shape index (κ1) is 25.6. The van der Waals surface area contributed by atoms with Gasteiger partial charge in [0.1, 0.15) is 5.75 Å². The molecule has 1 aliphatic carbocycles. The molecule has 0 saturated carbocycles. The number of rotatable bonds is 8. The monoisotopic (exact) mass is 473 g/mol. The van der Waals surface area contributed by atoms with Gasteiger partial charge in [-0.15, -0.1) is 0 Å². The number of carbonyl (C=O) groups excluding carboxylic acids is 3. The van der Waals surface area contributed by atoms with E-state index in [4.69, 9.17) is 0 Å². The van der Waals surface area contributed by atoms with E-state index < -0.39 is 55.0 Å². The molecule has 0 unspecified atom stereocenters. The normalized spacial score (nSPS) is 23.9. The van der Waals surface area contributed by atoms with Gasteiger partial charge < -0.3 is 25.2 Å². The number of aromatic hydroxyl groups is 1. The van der Waals surface area contributed by atoms with E-state index in [0.29, 0.717) is 28.9 Å². The van der Waals surface area contributed by atoms with Crippen molar-refractivity contribution in [1.82, 2.24) is 4.90 Å². The maximum Gasteiger partial charge on any atom is 0.423 e. The fourth-order valence-corrected chi connectivity index (χ4v) is 5.06. The quantitative estimate of drug-likeness (QED) is 0.331. The Hall–Kier alpha value is -3.01. The Labute approximate surface area is 198 Å². The number of hydrogen-bond acceptors (Lipinski definition) is 8. The number of carbonyl (C=O) groups is 3. The van der Waals surface area contributed by atoms with E-state index in [0.717, 1.165) is 18.2 Å². The first-order valence-corrected chi connectivity index (χ1v) is 11.3. The van der Waals surface area contributed by atoms with Crippen molar-refractivity contribution in [3.05, 3.63) is 46.5 Å². The number of allylic oxidation sites excluding steroid dienone is 1. The van der Waals surface area contributed by atoms with Crippen LogP contribution < -0.4 is 0 Å². The van der Waals surface area contributed by atoms with Crippen molar-refractivity contribution in [3.8, 4) is 5.75 Å². The Kier molecular flexibility index (Phi) is 8.24. The van der Waals surface area contributed by atoms with Crippen LogP contribution in [-0.2, 0) is 14.3 Å². The summed E-state index contributed by atoms with van der Waals surface area (Å²) in [6.07, 6.45) is 1.29. The van der Waals surface area contributed by atoms with E-state index in [1.165, 1.54) is 0 Å². The zero-order valence-corrected chi connectivity index (χ0v) is 19.3. The third kappa shape index (κ3) is 4.91. The molecule has 1 fully saturated rings. The third-order valence-corrected chi connectivity index (χ3v) is 6.72. The third-order valence-electron chi connectivity index (χ3n) is 6.72. The topological polar surface area (TPSA) is 145 Å². The minimum absolute atomic E-state index is 0.0158. The molecule has 2 aliphatic rings. The van der Waals surface area contributed by atoms with Gasteiger partial charge in [0.05, 0.1) is 38.3 Å². The first-order chi connectivity index (χ1) is 16.3. The largest absolute Gasteiger partial charge is 0.508 e. The number of fused-ring (bicyclic) bond motifs is 1. The molecule has 1 aliphatic heterocycles. The lowest BCUT2D eigenvalue weighted by atomic mass is 9.68. The Balaban J connectivity index is 1.84. The number of phenols is 1. The maximum absolute atomic E-state index is 12.9. The minimum Gasteiger partial charge on any atom is -0.508 e. The van der Waals surface area contributed by atoms with Crippen molar-refractivity contribution in [2.45, 2.75) is 38.7 Å². The Morgan fingerprint density at radius 2 is 2.00 bits per heavy atom. The standard InChI is InChI=1S/C25H31NO8/c1-3-14(9-15-5-4-6-17(29)10-15)7-8-20(30)21-16(12-27)11-18-22(19(21)13-28)24(32)26(23(18)31)25(33)34-2/h4-6,9-10,18-20,22,27-30H,3,7-8,11-13H2,1-2H3/b14-9+/t18-,19+,20-,22-/m1/s1. The molecule has 0 radical (unpaired) electrons. The maximum atomic E-state index is 12.9. The van der Waals surface area contributed by atoms with Crippen LogP contribution >= 0.6 is 0 Å². The Morgan fingerprint density at radius 1 is 1.26 bits per heavy atom. The van der Waals surface area contributed by atoms with Crippen LogP contribution in [0.4, 0.5) is 4.79 Å². The number of benzene rings is 1. The summed E-state index contributed by atoms with van der Waals surface area (Å²) in [4.78, 5) is 38.1. The summed E-state index contributed by atoms with van der Waals surface area (Å²) >= 11 is 0. The van der Waals surface area contributed by atoms with Gasteiger partial charge in [-0.05, 0) is 54.5 Å². The van der Waals surface area contributed by atoms with Crippen LogP contribution in [0.1, 0.15) is 38.2 Å². The lowest BCUT2D eigenvalue weighted by Crippen LogP contribution is -2.40. The predicted octanol–water partition coefficient (Wildman–Crippen LogP) is 2.00. The highest BCUT2D eigenvalue weighted by molar-refractivity contribution is 6.15. The zero-order chi connectivity index (χ0) is 25.0. The van der Waals surface area contributed by atoms with Crippen LogP contribution in [0.3, 0.4) is 0 Å². The molecule has 3 rings (SSSR count). The highest BCUT2D eigenvalue weighted by Gasteiger charge is 2.57. The van der Waals surface area contributed by atoms with Gasteiger partial charge in [-0.2, -0.15) is 4.90 Å². The molecule has 0 bridgehead atoms.